The molecular formula is C12H12O3. The predicted molar refractivity (Wildman–Crippen MR) is 58.4 cm³/mol. The molecule has 1 aromatic heterocycles. The molecule has 0 amide bonds. The van der Waals surface area contributed by atoms with Crippen LogP contribution in [0.2, 0.25) is 0 Å². The van der Waals surface area contributed by atoms with Crippen molar-refractivity contribution in [3.63, 3.8) is 0 Å². The van der Waals surface area contributed by atoms with Gasteiger partial charge in [0.25, 0.3) is 0 Å². The van der Waals surface area contributed by atoms with Crippen molar-refractivity contribution in [2.75, 3.05) is 0 Å². The van der Waals surface area contributed by atoms with Crippen molar-refractivity contribution in [3.05, 3.63) is 39.2 Å². The lowest BCUT2D eigenvalue weighted by atomic mass is 10.0. The van der Waals surface area contributed by atoms with Crippen LogP contribution in [0.5, 0.6) is 5.75 Å². The lowest BCUT2D eigenvalue weighted by Gasteiger charge is -2.06. The van der Waals surface area contributed by atoms with E-state index in [2.05, 4.69) is 0 Å². The Morgan fingerprint density at radius 3 is 2.47 bits per heavy atom. The molecule has 0 aliphatic heterocycles. The maximum Gasteiger partial charge on any atom is 0.339 e. The second kappa shape index (κ2) is 3.12. The molecule has 0 saturated carbocycles. The summed E-state index contributed by atoms with van der Waals surface area (Å²) in [5.74, 6) is 0.161. The smallest absolute Gasteiger partial charge is 0.339 e. The Morgan fingerprint density at radius 1 is 1.13 bits per heavy atom. The molecule has 1 heterocycles. The highest BCUT2D eigenvalue weighted by Crippen LogP contribution is 2.29. The van der Waals surface area contributed by atoms with Gasteiger partial charge in [-0.15, -0.1) is 0 Å². The Bertz CT molecular complexity index is 594. The van der Waals surface area contributed by atoms with Crippen LogP contribution < -0.4 is 5.63 Å². The van der Waals surface area contributed by atoms with Gasteiger partial charge in [-0.05, 0) is 44.0 Å². The van der Waals surface area contributed by atoms with Gasteiger partial charge in [0.2, 0.25) is 0 Å². The molecule has 1 N–H and O–H groups in total. The van der Waals surface area contributed by atoms with Gasteiger partial charge in [0.15, 0.2) is 0 Å². The van der Waals surface area contributed by atoms with Crippen molar-refractivity contribution in [2.45, 2.75) is 20.8 Å². The van der Waals surface area contributed by atoms with E-state index in [0.29, 0.717) is 16.5 Å². The van der Waals surface area contributed by atoms with E-state index in [9.17, 15) is 9.90 Å². The number of rotatable bonds is 0. The fourth-order valence-electron chi connectivity index (χ4n) is 1.71. The van der Waals surface area contributed by atoms with Gasteiger partial charge in [-0.2, -0.15) is 0 Å². The van der Waals surface area contributed by atoms with Crippen LogP contribution in [0, 0.1) is 20.8 Å². The molecule has 0 atom stereocenters. The van der Waals surface area contributed by atoms with Gasteiger partial charge in [-0.3, -0.25) is 0 Å². The Morgan fingerprint density at radius 2 is 1.80 bits per heavy atom. The van der Waals surface area contributed by atoms with Crippen LogP contribution in [-0.2, 0) is 0 Å². The third-order valence-corrected chi connectivity index (χ3v) is 2.67. The van der Waals surface area contributed by atoms with Gasteiger partial charge in [-0.25, -0.2) is 4.79 Å². The summed E-state index contributed by atoms with van der Waals surface area (Å²) in [4.78, 5) is 11.4. The van der Waals surface area contributed by atoms with Gasteiger partial charge in [-0.1, -0.05) is 0 Å². The van der Waals surface area contributed by atoms with Crippen molar-refractivity contribution in [1.82, 2.24) is 0 Å². The molecule has 0 unspecified atom stereocenters. The quantitative estimate of drug-likeness (QED) is 0.670. The Hall–Kier alpha value is -1.77. The molecule has 0 saturated heterocycles. The summed E-state index contributed by atoms with van der Waals surface area (Å²) in [6.45, 7) is 5.35. The molecule has 2 aromatic rings. The van der Waals surface area contributed by atoms with Gasteiger partial charge in [0.1, 0.15) is 11.3 Å². The van der Waals surface area contributed by atoms with Crippen molar-refractivity contribution in [3.8, 4) is 5.75 Å². The topological polar surface area (TPSA) is 50.4 Å². The van der Waals surface area contributed by atoms with E-state index in [4.69, 9.17) is 4.42 Å². The van der Waals surface area contributed by atoms with Gasteiger partial charge >= 0.3 is 5.63 Å². The van der Waals surface area contributed by atoms with Crippen LogP contribution in [-0.4, -0.2) is 5.11 Å². The minimum Gasteiger partial charge on any atom is -0.507 e. The van der Waals surface area contributed by atoms with E-state index < -0.39 is 0 Å². The number of hydrogen-bond acceptors (Lipinski definition) is 3. The first-order chi connectivity index (χ1) is 7.00. The second-order valence-corrected chi connectivity index (χ2v) is 3.80. The minimum absolute atomic E-state index is 0.161. The first kappa shape index (κ1) is 9.77. The molecule has 0 radical (unpaired) electrons. The first-order valence-electron chi connectivity index (χ1n) is 4.74. The molecule has 0 bridgehead atoms. The summed E-state index contributed by atoms with van der Waals surface area (Å²) in [6.07, 6.45) is 0. The lowest BCUT2D eigenvalue weighted by Crippen LogP contribution is -2.05. The lowest BCUT2D eigenvalue weighted by molar-refractivity contribution is 0.477. The SMILES string of the molecule is Cc1cc(O)c2c(C)c(C)c(=O)oc2c1. The molecule has 15 heavy (non-hydrogen) atoms. The molecule has 1 aromatic carbocycles. The largest absolute Gasteiger partial charge is 0.507 e. The van der Waals surface area contributed by atoms with E-state index in [1.54, 1.807) is 19.1 Å². The number of phenolic OH excluding ortho intramolecular Hbond substituents is 1. The highest BCUT2D eigenvalue weighted by Gasteiger charge is 2.11. The van der Waals surface area contributed by atoms with Crippen molar-refractivity contribution < 1.29 is 9.52 Å². The Labute approximate surface area is 87.0 Å². The number of aromatic hydroxyl groups is 1. The van der Waals surface area contributed by atoms with E-state index in [-0.39, 0.29) is 11.4 Å². The maximum atomic E-state index is 11.4. The third-order valence-electron chi connectivity index (χ3n) is 2.67. The predicted octanol–water partition coefficient (Wildman–Crippen LogP) is 2.42. The summed E-state index contributed by atoms with van der Waals surface area (Å²) in [7, 11) is 0. The molecule has 0 spiro atoms. The summed E-state index contributed by atoms with van der Waals surface area (Å²) in [5.41, 5.74) is 2.29. The van der Waals surface area contributed by atoms with Crippen molar-refractivity contribution in [1.29, 1.82) is 0 Å². The normalized spacial score (nSPS) is 10.9. The summed E-state index contributed by atoms with van der Waals surface area (Å²) < 4.78 is 5.12. The third kappa shape index (κ3) is 1.40. The zero-order valence-electron chi connectivity index (χ0n) is 8.92. The minimum atomic E-state index is -0.343. The van der Waals surface area contributed by atoms with Crippen LogP contribution in [0.25, 0.3) is 11.0 Å². The van der Waals surface area contributed by atoms with Gasteiger partial charge in [0, 0.05) is 5.56 Å². The second-order valence-electron chi connectivity index (χ2n) is 3.80. The average Bonchev–Trinajstić information content (AvgIpc) is 2.13. The van der Waals surface area contributed by atoms with Crippen LogP contribution in [0.1, 0.15) is 16.7 Å². The maximum absolute atomic E-state index is 11.4. The average molecular weight is 204 g/mol. The molecule has 3 heteroatoms. The van der Waals surface area contributed by atoms with Crippen LogP contribution in [0.3, 0.4) is 0 Å². The van der Waals surface area contributed by atoms with Gasteiger partial charge in [0.05, 0.1) is 5.39 Å². The van der Waals surface area contributed by atoms with E-state index in [1.165, 1.54) is 0 Å². The molecule has 0 fully saturated rings. The molecule has 0 aliphatic rings. The van der Waals surface area contributed by atoms with E-state index >= 15 is 0 Å². The molecule has 3 nitrogen and oxygen atoms in total. The Balaban J connectivity index is 3.05. The van der Waals surface area contributed by atoms with Crippen LogP contribution in [0.15, 0.2) is 21.3 Å². The standard InChI is InChI=1S/C12H12O3/c1-6-4-9(13)11-7(2)8(3)12(14)15-10(11)5-6/h4-5,13H,1-3H3. The van der Waals surface area contributed by atoms with E-state index in [0.717, 1.165) is 11.1 Å². The number of fused-ring (bicyclic) bond motifs is 1. The van der Waals surface area contributed by atoms with Crippen LogP contribution >= 0.6 is 0 Å². The van der Waals surface area contributed by atoms with Crippen LogP contribution in [0.4, 0.5) is 0 Å². The summed E-state index contributed by atoms with van der Waals surface area (Å²) in [6, 6.07) is 3.41. The number of benzene rings is 1. The summed E-state index contributed by atoms with van der Waals surface area (Å²) >= 11 is 0. The fourth-order valence-corrected chi connectivity index (χ4v) is 1.71. The fraction of sp³-hybridized carbons (Fsp3) is 0.250. The van der Waals surface area contributed by atoms with Crippen molar-refractivity contribution >= 4 is 11.0 Å². The number of phenols is 1. The van der Waals surface area contributed by atoms with Gasteiger partial charge < -0.3 is 9.52 Å². The monoisotopic (exact) mass is 204 g/mol. The van der Waals surface area contributed by atoms with Crippen molar-refractivity contribution in [2.24, 2.45) is 0 Å². The zero-order valence-corrected chi connectivity index (χ0v) is 8.92. The first-order valence-corrected chi connectivity index (χ1v) is 4.74. The summed E-state index contributed by atoms with van der Waals surface area (Å²) in [5, 5.41) is 10.4. The molecule has 0 aliphatic carbocycles. The van der Waals surface area contributed by atoms with E-state index in [1.807, 2.05) is 13.8 Å². The highest BCUT2D eigenvalue weighted by atomic mass is 16.4. The highest BCUT2D eigenvalue weighted by molar-refractivity contribution is 5.87. The Kier molecular flexibility index (Phi) is 2.03. The molecular weight excluding hydrogens is 192 g/mol. The zero-order chi connectivity index (χ0) is 11.2. The number of hydrogen-bond donors (Lipinski definition) is 1. The molecule has 2 rings (SSSR count). The number of aryl methyl sites for hydroxylation is 2. The molecule has 78 valence electrons.